The number of benzene rings is 1. The van der Waals surface area contributed by atoms with E-state index in [9.17, 15) is 26.3 Å². The molecule has 1 aromatic rings. The second-order valence-electron chi connectivity index (χ2n) is 3.58. The monoisotopic (exact) mass is 266 g/mol. The largest absolute Gasteiger partial charge is 0.306 e. The van der Waals surface area contributed by atoms with Crippen LogP contribution in [0.5, 0.6) is 0 Å². The Labute approximate surface area is 99.2 Å². The molecule has 0 aromatic heterocycles. The lowest BCUT2D eigenvalue weighted by Gasteiger charge is -2.11. The third-order valence-electron chi connectivity index (χ3n) is 2.46. The highest BCUT2D eigenvalue weighted by Crippen LogP contribution is 2.34. The van der Waals surface area contributed by atoms with E-state index in [1.54, 1.807) is 0 Å². The third-order valence-corrected chi connectivity index (χ3v) is 2.46. The minimum atomic E-state index is -2.59. The van der Waals surface area contributed by atoms with Crippen LogP contribution in [0.2, 0.25) is 0 Å². The second kappa shape index (κ2) is 5.29. The molecule has 6 heteroatoms. The maximum atomic E-state index is 13.2. The van der Waals surface area contributed by atoms with Crippen molar-refractivity contribution in [3.8, 4) is 0 Å². The molecule has 0 spiro atoms. The predicted molar refractivity (Wildman–Crippen MR) is 56.4 cm³/mol. The Balaban J connectivity index is 3.62. The highest BCUT2D eigenvalue weighted by Gasteiger charge is 2.20. The number of hydrogen-bond acceptors (Lipinski definition) is 0. The first-order valence-corrected chi connectivity index (χ1v) is 4.79. The van der Waals surface area contributed by atoms with Gasteiger partial charge in [-0.05, 0) is 25.0 Å². The van der Waals surface area contributed by atoms with Gasteiger partial charge in [0, 0.05) is 11.1 Å². The van der Waals surface area contributed by atoms with Gasteiger partial charge >= 0.3 is 12.2 Å². The molecule has 0 aliphatic heterocycles. The molecule has 0 nitrogen and oxygen atoms in total. The van der Waals surface area contributed by atoms with Gasteiger partial charge in [0.15, 0.2) is 11.7 Å². The molecule has 0 N–H and O–H groups in total. The van der Waals surface area contributed by atoms with Gasteiger partial charge in [0.05, 0.1) is 0 Å². The summed E-state index contributed by atoms with van der Waals surface area (Å²) in [6.45, 7) is 2.42. The molecule has 0 bridgehead atoms. The van der Waals surface area contributed by atoms with Crippen molar-refractivity contribution < 1.29 is 26.3 Å². The third kappa shape index (κ3) is 2.57. The molecule has 18 heavy (non-hydrogen) atoms. The quantitative estimate of drug-likeness (QED) is 0.631. The topological polar surface area (TPSA) is 0 Å². The molecule has 0 aliphatic carbocycles. The molecule has 0 heterocycles. The standard InChI is InChI=1S/C12H8F6/c1-5-3-4-7(9(13)11(15)16)6(2)8(5)10(14)12(17)18/h3-4H,1-2H3. The summed E-state index contributed by atoms with van der Waals surface area (Å²) >= 11 is 0. The van der Waals surface area contributed by atoms with Gasteiger partial charge in [-0.15, -0.1) is 0 Å². The van der Waals surface area contributed by atoms with E-state index in [1.807, 2.05) is 0 Å². The van der Waals surface area contributed by atoms with Crippen LogP contribution in [0.15, 0.2) is 24.3 Å². The Bertz CT molecular complexity index is 534. The van der Waals surface area contributed by atoms with E-state index in [0.29, 0.717) is 0 Å². The zero-order chi connectivity index (χ0) is 14.0. The molecular weight excluding hydrogens is 258 g/mol. The van der Waals surface area contributed by atoms with E-state index in [4.69, 9.17) is 0 Å². The zero-order valence-electron chi connectivity index (χ0n) is 9.42. The molecule has 0 saturated carbocycles. The Morgan fingerprint density at radius 3 is 1.72 bits per heavy atom. The van der Waals surface area contributed by atoms with Crippen molar-refractivity contribution >= 4 is 11.7 Å². The summed E-state index contributed by atoms with van der Waals surface area (Å²) < 4.78 is 75.0. The minimum Gasteiger partial charge on any atom is -0.200 e. The number of hydrogen-bond donors (Lipinski definition) is 0. The molecule has 0 saturated heterocycles. The summed E-state index contributed by atoms with van der Waals surface area (Å²) in [7, 11) is 0. The van der Waals surface area contributed by atoms with Gasteiger partial charge in [-0.2, -0.15) is 17.6 Å². The fourth-order valence-corrected chi connectivity index (χ4v) is 1.62. The van der Waals surface area contributed by atoms with Crippen molar-refractivity contribution in [2.45, 2.75) is 13.8 Å². The maximum Gasteiger partial charge on any atom is 0.306 e. The van der Waals surface area contributed by atoms with Gasteiger partial charge in [-0.3, -0.25) is 0 Å². The molecule has 98 valence electrons. The molecule has 0 atom stereocenters. The van der Waals surface area contributed by atoms with Crippen molar-refractivity contribution in [1.29, 1.82) is 0 Å². The lowest BCUT2D eigenvalue weighted by Crippen LogP contribution is -1.96. The fraction of sp³-hybridized carbons (Fsp3) is 0.167. The highest BCUT2D eigenvalue weighted by atomic mass is 19.3. The van der Waals surface area contributed by atoms with Gasteiger partial charge in [-0.1, -0.05) is 12.1 Å². The number of halogens is 6. The van der Waals surface area contributed by atoms with Crippen LogP contribution >= 0.6 is 0 Å². The fourth-order valence-electron chi connectivity index (χ4n) is 1.62. The summed E-state index contributed by atoms with van der Waals surface area (Å²) in [5, 5.41) is 0. The Morgan fingerprint density at radius 1 is 0.778 bits per heavy atom. The second-order valence-corrected chi connectivity index (χ2v) is 3.58. The highest BCUT2D eigenvalue weighted by molar-refractivity contribution is 5.73. The zero-order valence-corrected chi connectivity index (χ0v) is 9.42. The van der Waals surface area contributed by atoms with E-state index in [2.05, 4.69) is 0 Å². The first kappa shape index (κ1) is 14.3. The molecular formula is C12H8F6. The van der Waals surface area contributed by atoms with Crippen LogP contribution in [0.1, 0.15) is 22.3 Å². The average molecular weight is 266 g/mol. The molecule has 0 fully saturated rings. The van der Waals surface area contributed by atoms with Crippen molar-refractivity contribution in [2.24, 2.45) is 0 Å². The predicted octanol–water partition coefficient (Wildman–Crippen LogP) is 5.37. The number of rotatable bonds is 2. The van der Waals surface area contributed by atoms with Crippen LogP contribution in [0.25, 0.3) is 11.7 Å². The van der Waals surface area contributed by atoms with Gasteiger partial charge in [0.25, 0.3) is 0 Å². The van der Waals surface area contributed by atoms with Crippen LogP contribution in [0, 0.1) is 13.8 Å². The average Bonchev–Trinajstić information content (AvgIpc) is 2.27. The van der Waals surface area contributed by atoms with Crippen molar-refractivity contribution in [3.05, 3.63) is 46.5 Å². The van der Waals surface area contributed by atoms with Crippen LogP contribution in [-0.2, 0) is 0 Å². The Kier molecular flexibility index (Phi) is 4.21. The van der Waals surface area contributed by atoms with Crippen LogP contribution < -0.4 is 0 Å². The van der Waals surface area contributed by atoms with E-state index < -0.39 is 34.9 Å². The van der Waals surface area contributed by atoms with Crippen LogP contribution in [0.3, 0.4) is 0 Å². The molecule has 0 radical (unpaired) electrons. The lowest BCUT2D eigenvalue weighted by molar-refractivity contribution is 0.410. The van der Waals surface area contributed by atoms with Crippen LogP contribution in [0.4, 0.5) is 26.3 Å². The van der Waals surface area contributed by atoms with Gasteiger partial charge in [0.1, 0.15) is 0 Å². The summed E-state index contributed by atoms with van der Waals surface area (Å²) in [5.41, 5.74) is -1.37. The van der Waals surface area contributed by atoms with Gasteiger partial charge in [0.2, 0.25) is 0 Å². The van der Waals surface area contributed by atoms with Crippen molar-refractivity contribution in [1.82, 2.24) is 0 Å². The normalized spacial score (nSPS) is 10.2. The Morgan fingerprint density at radius 2 is 1.28 bits per heavy atom. The summed E-state index contributed by atoms with van der Waals surface area (Å²) in [4.78, 5) is 0. The summed E-state index contributed by atoms with van der Waals surface area (Å²) in [6.07, 6.45) is -5.17. The first-order valence-electron chi connectivity index (χ1n) is 4.79. The van der Waals surface area contributed by atoms with Crippen molar-refractivity contribution in [3.63, 3.8) is 0 Å². The molecule has 0 unspecified atom stereocenters. The first-order chi connectivity index (χ1) is 8.27. The summed E-state index contributed by atoms with van der Waals surface area (Å²) in [6, 6.07) is 2.09. The van der Waals surface area contributed by atoms with E-state index in [1.165, 1.54) is 6.92 Å². The van der Waals surface area contributed by atoms with Crippen molar-refractivity contribution in [2.75, 3.05) is 0 Å². The van der Waals surface area contributed by atoms with Crippen LogP contribution in [-0.4, -0.2) is 0 Å². The number of aryl methyl sites for hydroxylation is 1. The van der Waals surface area contributed by atoms with Gasteiger partial charge in [-0.25, -0.2) is 8.78 Å². The van der Waals surface area contributed by atoms with E-state index in [-0.39, 0.29) is 11.1 Å². The molecule has 0 amide bonds. The maximum absolute atomic E-state index is 13.2. The Hall–Kier alpha value is -1.72. The lowest BCUT2D eigenvalue weighted by atomic mass is 9.96. The molecule has 1 rings (SSSR count). The summed E-state index contributed by atoms with van der Waals surface area (Å²) in [5.74, 6) is -3.68. The smallest absolute Gasteiger partial charge is 0.200 e. The van der Waals surface area contributed by atoms with Gasteiger partial charge < -0.3 is 0 Å². The van der Waals surface area contributed by atoms with E-state index in [0.717, 1.165) is 19.1 Å². The minimum absolute atomic E-state index is 0.105. The molecule has 1 aromatic carbocycles. The SMILES string of the molecule is Cc1ccc(C(F)=C(F)F)c(C)c1C(F)=C(F)F. The molecule has 0 aliphatic rings. The van der Waals surface area contributed by atoms with E-state index >= 15 is 0 Å².